The van der Waals surface area contributed by atoms with Gasteiger partial charge in [-0.1, -0.05) is 25.0 Å². The van der Waals surface area contributed by atoms with Crippen molar-refractivity contribution in [3.05, 3.63) is 29.8 Å². The number of fused-ring (bicyclic) bond motifs is 1. The van der Waals surface area contributed by atoms with E-state index in [9.17, 15) is 9.59 Å². The molecule has 0 N–H and O–H groups in total. The number of amides is 2. The molecule has 0 unspecified atom stereocenters. The minimum Gasteiger partial charge on any atom is -0.372 e. The second-order valence-corrected chi connectivity index (χ2v) is 8.47. The third-order valence-electron chi connectivity index (χ3n) is 6.43. The summed E-state index contributed by atoms with van der Waals surface area (Å²) in [6, 6.07) is 8.76. The van der Waals surface area contributed by atoms with Gasteiger partial charge in [-0.05, 0) is 56.8 Å². The molecule has 4 rings (SSSR count). The van der Waals surface area contributed by atoms with Gasteiger partial charge in [0, 0.05) is 25.3 Å². The number of hydrogen-bond donors (Lipinski definition) is 0. The first kappa shape index (κ1) is 18.5. The molecule has 5 heteroatoms. The Labute approximate surface area is 162 Å². The van der Waals surface area contributed by atoms with Crippen LogP contribution < -0.4 is 4.90 Å². The Kier molecular flexibility index (Phi) is 5.48. The molecular formula is C22H31N3O2. The first-order chi connectivity index (χ1) is 13.1. The Balaban J connectivity index is 1.34. The molecule has 27 heavy (non-hydrogen) atoms. The summed E-state index contributed by atoms with van der Waals surface area (Å²) < 4.78 is 0. The highest BCUT2D eigenvalue weighted by atomic mass is 16.2. The Morgan fingerprint density at radius 2 is 1.48 bits per heavy atom. The van der Waals surface area contributed by atoms with Crippen molar-refractivity contribution in [1.82, 2.24) is 9.80 Å². The fraction of sp³-hybridized carbons (Fsp3) is 0.636. The zero-order chi connectivity index (χ0) is 18.8. The van der Waals surface area contributed by atoms with Crippen LogP contribution in [-0.2, 0) is 16.1 Å². The lowest BCUT2D eigenvalue weighted by molar-refractivity contribution is -0.142. The number of benzene rings is 1. The third-order valence-corrected chi connectivity index (χ3v) is 6.43. The maximum atomic E-state index is 12.6. The van der Waals surface area contributed by atoms with Gasteiger partial charge in [0.05, 0.1) is 18.5 Å². The van der Waals surface area contributed by atoms with Gasteiger partial charge in [-0.2, -0.15) is 0 Å². The van der Waals surface area contributed by atoms with Crippen molar-refractivity contribution in [1.29, 1.82) is 0 Å². The second kappa shape index (κ2) is 8.01. The summed E-state index contributed by atoms with van der Waals surface area (Å²) in [7, 11) is 1.99. The predicted molar refractivity (Wildman–Crippen MR) is 106 cm³/mol. The molecule has 1 aliphatic carbocycles. The SMILES string of the molecule is CN(Cc1ccc(N2CCCCC2)cc1)CN1C(=O)[C@H]2CCCC[C@@H]2C1=O. The number of piperidine rings is 1. The molecule has 1 aromatic carbocycles. The molecule has 2 amide bonds. The first-order valence-electron chi connectivity index (χ1n) is 10.5. The lowest BCUT2D eigenvalue weighted by Crippen LogP contribution is -2.40. The molecule has 2 aliphatic heterocycles. The Morgan fingerprint density at radius 3 is 2.07 bits per heavy atom. The molecule has 5 nitrogen and oxygen atoms in total. The summed E-state index contributed by atoms with van der Waals surface area (Å²) in [5.74, 6) is 0.000875. The molecule has 2 atom stereocenters. The zero-order valence-corrected chi connectivity index (χ0v) is 16.4. The third kappa shape index (κ3) is 3.88. The van der Waals surface area contributed by atoms with E-state index < -0.39 is 0 Å². The quantitative estimate of drug-likeness (QED) is 0.748. The Hall–Kier alpha value is -1.88. The van der Waals surface area contributed by atoms with Crippen LogP contribution in [0.2, 0.25) is 0 Å². The van der Waals surface area contributed by atoms with Gasteiger partial charge in [-0.15, -0.1) is 0 Å². The van der Waals surface area contributed by atoms with Crippen LogP contribution in [0, 0.1) is 11.8 Å². The molecule has 0 spiro atoms. The fourth-order valence-electron chi connectivity index (χ4n) is 4.94. The van der Waals surface area contributed by atoms with Gasteiger partial charge in [0.1, 0.15) is 0 Å². The molecule has 146 valence electrons. The summed E-state index contributed by atoms with van der Waals surface area (Å²) in [4.78, 5) is 31.3. The highest BCUT2D eigenvalue weighted by molar-refractivity contribution is 6.05. The number of rotatable bonds is 5. The first-order valence-corrected chi connectivity index (χ1v) is 10.5. The second-order valence-electron chi connectivity index (χ2n) is 8.47. The van der Waals surface area contributed by atoms with Gasteiger partial charge in [-0.25, -0.2) is 0 Å². The van der Waals surface area contributed by atoms with Crippen LogP contribution in [0.25, 0.3) is 0 Å². The van der Waals surface area contributed by atoms with Crippen molar-refractivity contribution < 1.29 is 9.59 Å². The number of anilines is 1. The average Bonchev–Trinajstić information content (AvgIpc) is 2.94. The van der Waals surface area contributed by atoms with Crippen molar-refractivity contribution in [3.8, 4) is 0 Å². The van der Waals surface area contributed by atoms with Crippen LogP contribution >= 0.6 is 0 Å². The van der Waals surface area contributed by atoms with Crippen molar-refractivity contribution in [2.45, 2.75) is 51.5 Å². The standard InChI is InChI=1S/C22H31N3O2/c1-23(16-25-21(26)19-7-3-4-8-20(19)22(25)27)15-17-9-11-18(12-10-17)24-13-5-2-6-14-24/h9-12,19-20H,2-8,13-16H2,1H3/t19-,20-/m0/s1. The Morgan fingerprint density at radius 1 is 0.889 bits per heavy atom. The van der Waals surface area contributed by atoms with Crippen LogP contribution in [-0.4, -0.2) is 48.4 Å². The molecule has 0 radical (unpaired) electrons. The van der Waals surface area contributed by atoms with Crippen LogP contribution in [0.4, 0.5) is 5.69 Å². The number of likely N-dealkylation sites (tertiary alicyclic amines) is 1. The van der Waals surface area contributed by atoms with E-state index in [1.54, 1.807) is 0 Å². The van der Waals surface area contributed by atoms with E-state index in [1.165, 1.54) is 35.4 Å². The number of nitrogens with zero attached hydrogens (tertiary/aromatic N) is 3. The molecule has 1 aromatic rings. The summed E-state index contributed by atoms with van der Waals surface area (Å²) in [5.41, 5.74) is 2.52. The summed E-state index contributed by atoms with van der Waals surface area (Å²) >= 11 is 0. The van der Waals surface area contributed by atoms with Crippen LogP contribution in [0.3, 0.4) is 0 Å². The van der Waals surface area contributed by atoms with Gasteiger partial charge in [0.15, 0.2) is 0 Å². The molecule has 2 heterocycles. The summed E-state index contributed by atoms with van der Waals surface area (Å²) in [6.45, 7) is 3.45. The predicted octanol–water partition coefficient (Wildman–Crippen LogP) is 3.24. The molecule has 2 saturated heterocycles. The maximum absolute atomic E-state index is 12.6. The molecule has 3 fully saturated rings. The molecule has 0 aromatic heterocycles. The average molecular weight is 370 g/mol. The van der Waals surface area contributed by atoms with E-state index in [-0.39, 0.29) is 23.7 Å². The van der Waals surface area contributed by atoms with E-state index in [0.717, 1.165) is 45.3 Å². The van der Waals surface area contributed by atoms with Gasteiger partial charge >= 0.3 is 0 Å². The van der Waals surface area contributed by atoms with Gasteiger partial charge in [0.25, 0.3) is 0 Å². The molecule has 0 bridgehead atoms. The van der Waals surface area contributed by atoms with Crippen LogP contribution in [0.5, 0.6) is 0 Å². The summed E-state index contributed by atoms with van der Waals surface area (Å²) in [6.07, 6.45) is 7.82. The largest absolute Gasteiger partial charge is 0.372 e. The number of imide groups is 1. The summed E-state index contributed by atoms with van der Waals surface area (Å²) in [5, 5.41) is 0. The van der Waals surface area contributed by atoms with Gasteiger partial charge in [-0.3, -0.25) is 19.4 Å². The minimum absolute atomic E-state index is 0.0523. The monoisotopic (exact) mass is 369 g/mol. The van der Waals surface area contributed by atoms with E-state index in [1.807, 2.05) is 7.05 Å². The van der Waals surface area contributed by atoms with Crippen molar-refractivity contribution in [3.63, 3.8) is 0 Å². The van der Waals surface area contributed by atoms with Crippen LogP contribution in [0.15, 0.2) is 24.3 Å². The molecule has 1 saturated carbocycles. The number of hydrogen-bond acceptors (Lipinski definition) is 4. The lowest BCUT2D eigenvalue weighted by Gasteiger charge is -2.29. The highest BCUT2D eigenvalue weighted by Gasteiger charge is 2.48. The van der Waals surface area contributed by atoms with E-state index >= 15 is 0 Å². The molecule has 3 aliphatic rings. The Bertz CT molecular complexity index is 657. The maximum Gasteiger partial charge on any atom is 0.234 e. The van der Waals surface area contributed by atoms with E-state index in [4.69, 9.17) is 0 Å². The fourth-order valence-corrected chi connectivity index (χ4v) is 4.94. The molecular weight excluding hydrogens is 338 g/mol. The smallest absolute Gasteiger partial charge is 0.234 e. The van der Waals surface area contributed by atoms with Gasteiger partial charge in [0.2, 0.25) is 11.8 Å². The van der Waals surface area contributed by atoms with Crippen LogP contribution in [0.1, 0.15) is 50.5 Å². The lowest BCUT2D eigenvalue weighted by atomic mass is 9.81. The van der Waals surface area contributed by atoms with E-state index in [2.05, 4.69) is 34.1 Å². The van der Waals surface area contributed by atoms with Crippen molar-refractivity contribution >= 4 is 17.5 Å². The van der Waals surface area contributed by atoms with Crippen molar-refractivity contribution in [2.24, 2.45) is 11.8 Å². The normalized spacial score (nSPS) is 26.0. The van der Waals surface area contributed by atoms with E-state index in [0.29, 0.717) is 6.67 Å². The van der Waals surface area contributed by atoms with Crippen molar-refractivity contribution in [2.75, 3.05) is 31.7 Å². The topological polar surface area (TPSA) is 43.9 Å². The highest BCUT2D eigenvalue weighted by Crippen LogP contribution is 2.38. The number of carbonyl (C=O) groups is 2. The zero-order valence-electron chi connectivity index (χ0n) is 16.4. The minimum atomic E-state index is -0.0523. The van der Waals surface area contributed by atoms with Gasteiger partial charge < -0.3 is 4.90 Å². The number of carbonyl (C=O) groups excluding carboxylic acids is 2.